The van der Waals surface area contributed by atoms with Crippen molar-refractivity contribution in [1.82, 2.24) is 20.4 Å². The average Bonchev–Trinajstić information content (AvgIpc) is 3.36. The van der Waals surface area contributed by atoms with Gasteiger partial charge in [0, 0.05) is 18.5 Å². The molecule has 1 aliphatic heterocycles. The number of nitrogens with one attached hydrogen (secondary N) is 2. The van der Waals surface area contributed by atoms with Crippen LogP contribution in [0, 0.1) is 0 Å². The van der Waals surface area contributed by atoms with Crippen LogP contribution in [0.2, 0.25) is 0 Å². The maximum absolute atomic E-state index is 13.0. The van der Waals surface area contributed by atoms with E-state index in [0.717, 1.165) is 58.5 Å². The van der Waals surface area contributed by atoms with Gasteiger partial charge in [-0.05, 0) is 46.4 Å². The second-order valence-electron chi connectivity index (χ2n) is 9.91. The van der Waals surface area contributed by atoms with Gasteiger partial charge in [0.2, 0.25) is 0 Å². The summed E-state index contributed by atoms with van der Waals surface area (Å²) >= 11 is 0. The lowest BCUT2D eigenvalue weighted by Gasteiger charge is -2.27. The summed E-state index contributed by atoms with van der Waals surface area (Å²) in [5.74, 6) is 6.51. The van der Waals surface area contributed by atoms with Crippen LogP contribution in [0.25, 0.3) is 22.3 Å². The van der Waals surface area contributed by atoms with Crippen molar-refractivity contribution in [3.8, 4) is 22.3 Å². The smallest absolute Gasteiger partial charge is 0.269 e. The molecule has 1 aromatic heterocycles. The van der Waals surface area contributed by atoms with E-state index in [9.17, 15) is 4.79 Å². The van der Waals surface area contributed by atoms with Crippen molar-refractivity contribution in [1.29, 1.82) is 0 Å². The summed E-state index contributed by atoms with van der Waals surface area (Å²) in [6, 6.07) is 24.6. The minimum atomic E-state index is -0.120. The van der Waals surface area contributed by atoms with Gasteiger partial charge in [0.25, 0.3) is 5.91 Å². The van der Waals surface area contributed by atoms with E-state index in [1.165, 1.54) is 0 Å². The number of benzene rings is 3. The van der Waals surface area contributed by atoms with Crippen molar-refractivity contribution in [2.24, 2.45) is 16.7 Å². The van der Waals surface area contributed by atoms with Crippen LogP contribution in [0.1, 0.15) is 47.2 Å². The lowest BCUT2D eigenvalue weighted by Crippen LogP contribution is -2.49. The molecule has 1 saturated heterocycles. The van der Waals surface area contributed by atoms with E-state index in [-0.39, 0.29) is 11.9 Å². The number of rotatable bonds is 11. The molecule has 9 nitrogen and oxygen atoms in total. The number of ether oxygens (including phenoxy) is 1. The largest absolute Gasteiger partial charge is 0.382 e. The highest BCUT2D eigenvalue weighted by atomic mass is 16.5. The Kier molecular flexibility index (Phi) is 8.53. The van der Waals surface area contributed by atoms with Gasteiger partial charge < -0.3 is 20.4 Å². The van der Waals surface area contributed by atoms with Crippen molar-refractivity contribution in [2.45, 2.75) is 38.8 Å². The first-order valence-corrected chi connectivity index (χ1v) is 13.6. The highest BCUT2D eigenvalue weighted by Crippen LogP contribution is 2.30. The molecular formula is C31H35N7O2. The molecule has 0 bridgehead atoms. The molecule has 1 amide bonds. The lowest BCUT2D eigenvalue weighted by atomic mass is 9.93. The number of nitrogens with zero attached hydrogens (tertiary/aromatic N) is 3. The molecule has 0 atom stereocenters. The number of nitrogens with two attached hydrogens (primary N) is 2. The first-order valence-electron chi connectivity index (χ1n) is 13.6. The quantitative estimate of drug-likeness (QED) is 0.0995. The predicted molar refractivity (Wildman–Crippen MR) is 157 cm³/mol. The number of hydrazone groups is 1. The van der Waals surface area contributed by atoms with Crippen LogP contribution in [0.3, 0.4) is 0 Å². The summed E-state index contributed by atoms with van der Waals surface area (Å²) < 4.78 is 7.24. The standard InChI is InChI=1S/C31H35N7O2/c1-2-3-9-29-34-17-28(31(39)35-25-19-40-20-25)38(29)18-21-10-12-23(13-11-21)27-16-24(22-7-5-4-6-8-22)14-15-26(27)30(32)36-37-33/h4-8,10-17,25,37H,2-3,9,18-20,33H2,1H3,(H2,32,36)(H,35,39). The Labute approximate surface area is 234 Å². The monoisotopic (exact) mass is 537 g/mol. The third kappa shape index (κ3) is 6.06. The number of aryl methyl sites for hydroxylation is 1. The van der Waals surface area contributed by atoms with Crippen molar-refractivity contribution >= 4 is 11.7 Å². The Balaban J connectivity index is 1.45. The SMILES string of the molecule is CCCCc1ncc(C(=O)NC2COC2)n1Cc1ccc(-c2cc(-c3ccccc3)ccc2/C(N)=N/NN)cc1. The molecule has 5 rings (SSSR count). The van der Waals surface area contributed by atoms with Gasteiger partial charge in [0.05, 0.1) is 25.5 Å². The van der Waals surface area contributed by atoms with Crippen LogP contribution < -0.4 is 22.4 Å². The molecule has 9 heteroatoms. The molecule has 1 fully saturated rings. The summed E-state index contributed by atoms with van der Waals surface area (Å²) in [4.78, 5) is 17.6. The van der Waals surface area contributed by atoms with Gasteiger partial charge in [0.15, 0.2) is 5.84 Å². The normalized spacial score (nSPS) is 13.6. The van der Waals surface area contributed by atoms with Gasteiger partial charge in [-0.25, -0.2) is 16.4 Å². The highest BCUT2D eigenvalue weighted by Gasteiger charge is 2.24. The lowest BCUT2D eigenvalue weighted by molar-refractivity contribution is -0.00361. The number of hydrogen-bond acceptors (Lipinski definition) is 6. The van der Waals surface area contributed by atoms with Gasteiger partial charge in [-0.3, -0.25) is 4.79 Å². The molecule has 0 unspecified atom stereocenters. The van der Waals surface area contributed by atoms with E-state index in [1.54, 1.807) is 6.20 Å². The number of hydrazine groups is 1. The molecular weight excluding hydrogens is 502 g/mol. The maximum atomic E-state index is 13.0. The molecule has 206 valence electrons. The van der Waals surface area contributed by atoms with Crippen LogP contribution in [0.4, 0.5) is 0 Å². The Morgan fingerprint density at radius 1 is 1.05 bits per heavy atom. The molecule has 0 saturated carbocycles. The minimum Gasteiger partial charge on any atom is -0.382 e. The Hall–Kier alpha value is -4.47. The molecule has 0 spiro atoms. The van der Waals surface area contributed by atoms with E-state index in [4.69, 9.17) is 16.3 Å². The predicted octanol–water partition coefficient (Wildman–Crippen LogP) is 3.82. The van der Waals surface area contributed by atoms with Gasteiger partial charge in [-0.1, -0.05) is 74.0 Å². The molecule has 3 aromatic carbocycles. The first-order chi connectivity index (χ1) is 19.6. The molecule has 0 aliphatic carbocycles. The summed E-state index contributed by atoms with van der Waals surface area (Å²) in [7, 11) is 0. The Morgan fingerprint density at radius 3 is 2.48 bits per heavy atom. The van der Waals surface area contributed by atoms with Gasteiger partial charge in [-0.15, -0.1) is 5.10 Å². The summed E-state index contributed by atoms with van der Waals surface area (Å²) in [6.07, 6.45) is 4.56. The van der Waals surface area contributed by atoms with Crippen molar-refractivity contribution in [3.63, 3.8) is 0 Å². The first kappa shape index (κ1) is 27.1. The van der Waals surface area contributed by atoms with Crippen molar-refractivity contribution in [2.75, 3.05) is 13.2 Å². The van der Waals surface area contributed by atoms with Crippen LogP contribution in [0.15, 0.2) is 84.1 Å². The number of hydrogen-bond donors (Lipinski definition) is 4. The molecule has 6 N–H and O–H groups in total. The third-order valence-corrected chi connectivity index (χ3v) is 7.09. The Bertz CT molecular complexity index is 1480. The molecule has 1 aliphatic rings. The van der Waals surface area contributed by atoms with Gasteiger partial charge in [-0.2, -0.15) is 0 Å². The number of imidazole rings is 1. The number of aromatic nitrogens is 2. The summed E-state index contributed by atoms with van der Waals surface area (Å²) in [6.45, 7) is 3.79. The fourth-order valence-corrected chi connectivity index (χ4v) is 4.80. The number of carbonyl (C=O) groups excluding carboxylic acids is 1. The van der Waals surface area contributed by atoms with Gasteiger partial charge >= 0.3 is 0 Å². The van der Waals surface area contributed by atoms with Crippen LogP contribution in [-0.2, 0) is 17.7 Å². The van der Waals surface area contributed by atoms with Crippen LogP contribution in [0.5, 0.6) is 0 Å². The van der Waals surface area contributed by atoms with Crippen LogP contribution >= 0.6 is 0 Å². The van der Waals surface area contributed by atoms with Crippen molar-refractivity contribution < 1.29 is 9.53 Å². The minimum absolute atomic E-state index is 0.0560. The molecule has 4 aromatic rings. The highest BCUT2D eigenvalue weighted by molar-refractivity contribution is 6.04. The zero-order valence-corrected chi connectivity index (χ0v) is 22.6. The van der Waals surface area contributed by atoms with Crippen LogP contribution in [-0.4, -0.2) is 40.5 Å². The fourth-order valence-electron chi connectivity index (χ4n) is 4.80. The van der Waals surface area contributed by atoms with Crippen molar-refractivity contribution in [3.05, 3.63) is 102 Å². The Morgan fingerprint density at radius 2 is 1.80 bits per heavy atom. The second-order valence-corrected chi connectivity index (χ2v) is 9.91. The van der Waals surface area contributed by atoms with E-state index in [0.29, 0.717) is 31.3 Å². The zero-order valence-electron chi connectivity index (χ0n) is 22.6. The van der Waals surface area contributed by atoms with E-state index in [1.807, 2.05) is 34.9 Å². The topological polar surface area (TPSA) is 133 Å². The number of amidine groups is 1. The fraction of sp³-hybridized carbons (Fsp3) is 0.258. The maximum Gasteiger partial charge on any atom is 0.269 e. The third-order valence-electron chi connectivity index (χ3n) is 7.09. The summed E-state index contributed by atoms with van der Waals surface area (Å²) in [5.41, 5.74) is 15.1. The average molecular weight is 538 g/mol. The summed E-state index contributed by atoms with van der Waals surface area (Å²) in [5, 5.41) is 7.05. The number of unbranched alkanes of at least 4 members (excludes halogenated alkanes) is 1. The molecule has 40 heavy (non-hydrogen) atoms. The van der Waals surface area contributed by atoms with E-state index in [2.05, 4.69) is 70.3 Å². The molecule has 0 radical (unpaired) electrons. The second kappa shape index (κ2) is 12.6. The number of carbonyl (C=O) groups is 1. The van der Waals surface area contributed by atoms with E-state index < -0.39 is 0 Å². The zero-order chi connectivity index (χ0) is 27.9. The van der Waals surface area contributed by atoms with E-state index >= 15 is 0 Å². The van der Waals surface area contributed by atoms with Gasteiger partial charge in [0.1, 0.15) is 11.5 Å². The molecule has 2 heterocycles. The number of amides is 1.